The van der Waals surface area contributed by atoms with Gasteiger partial charge in [-0.1, -0.05) is 0 Å². The maximum atomic E-state index is 13.6. The van der Waals surface area contributed by atoms with Crippen molar-refractivity contribution >= 4 is 11.6 Å². The van der Waals surface area contributed by atoms with Crippen LogP contribution in [-0.4, -0.2) is 57.5 Å². The molecule has 3 N–H and O–H groups in total. The molecule has 0 saturated carbocycles. The molecule has 4 aliphatic heterocycles. The van der Waals surface area contributed by atoms with Crippen LogP contribution < -0.4 is 25.6 Å². The van der Waals surface area contributed by atoms with Gasteiger partial charge in [0.1, 0.15) is 5.76 Å². The highest BCUT2D eigenvalue weighted by atomic mass is 16.7. The van der Waals surface area contributed by atoms with Gasteiger partial charge in [0.2, 0.25) is 12.7 Å². The van der Waals surface area contributed by atoms with Crippen molar-refractivity contribution in [1.29, 1.82) is 0 Å². The molecule has 6 rings (SSSR count). The molecule has 0 spiro atoms. The van der Waals surface area contributed by atoms with Gasteiger partial charge in [-0.3, -0.25) is 4.79 Å². The summed E-state index contributed by atoms with van der Waals surface area (Å²) in [5.74, 6) is 2.49. The third-order valence-electron chi connectivity index (χ3n) is 7.55. The van der Waals surface area contributed by atoms with Crippen LogP contribution >= 0.6 is 0 Å². The molecule has 1 aromatic rings. The fourth-order valence-electron chi connectivity index (χ4n) is 5.95. The van der Waals surface area contributed by atoms with Crippen LogP contribution in [-0.2, 0) is 14.3 Å². The molecule has 4 unspecified atom stereocenters. The van der Waals surface area contributed by atoms with Crippen LogP contribution in [0.4, 0.5) is 5.69 Å². The monoisotopic (exact) mass is 454 g/mol. The van der Waals surface area contributed by atoms with Crippen LogP contribution in [0.3, 0.4) is 0 Å². The van der Waals surface area contributed by atoms with E-state index in [4.69, 9.17) is 18.9 Å². The van der Waals surface area contributed by atoms with E-state index in [0.29, 0.717) is 17.3 Å². The highest BCUT2D eigenvalue weighted by Crippen LogP contribution is 2.48. The summed E-state index contributed by atoms with van der Waals surface area (Å²) in [7, 11) is 3.32. The minimum absolute atomic E-state index is 0.0194. The average Bonchev–Trinajstić information content (AvgIpc) is 3.52. The number of anilines is 1. The number of hydrogen-bond donors (Lipinski definition) is 3. The lowest BCUT2D eigenvalue weighted by Gasteiger charge is -2.46. The number of piperidine rings is 1. The second-order valence-electron chi connectivity index (χ2n) is 9.23. The molecule has 33 heavy (non-hydrogen) atoms. The molecule has 176 valence electrons. The number of benzene rings is 1. The molecule has 4 heterocycles. The van der Waals surface area contributed by atoms with Gasteiger partial charge >= 0.3 is 0 Å². The first kappa shape index (κ1) is 20.7. The van der Waals surface area contributed by atoms with Crippen molar-refractivity contribution in [2.45, 2.75) is 31.3 Å². The van der Waals surface area contributed by atoms with Crippen molar-refractivity contribution in [3.63, 3.8) is 0 Å². The molecule has 1 amide bonds. The first-order chi connectivity index (χ1) is 16.2. The highest BCUT2D eigenvalue weighted by Gasteiger charge is 2.50. The van der Waals surface area contributed by atoms with Gasteiger partial charge in [-0.15, -0.1) is 0 Å². The number of methoxy groups -OCH3 is 2. The van der Waals surface area contributed by atoms with Crippen molar-refractivity contribution in [1.82, 2.24) is 15.6 Å². The molecule has 0 radical (unpaired) electrons. The maximum Gasteiger partial charge on any atom is 0.231 e. The summed E-state index contributed by atoms with van der Waals surface area (Å²) >= 11 is 0. The van der Waals surface area contributed by atoms with Crippen molar-refractivity contribution in [2.24, 2.45) is 11.8 Å². The zero-order valence-electron chi connectivity index (χ0n) is 19.0. The van der Waals surface area contributed by atoms with E-state index < -0.39 is 0 Å². The summed E-state index contributed by atoms with van der Waals surface area (Å²) in [6, 6.07) is 3.52. The number of carbonyl (C=O) groups is 1. The molecule has 0 aromatic heterocycles. The van der Waals surface area contributed by atoms with Crippen LogP contribution in [0.2, 0.25) is 0 Å². The lowest BCUT2D eigenvalue weighted by Crippen LogP contribution is -2.59. The topological polar surface area (TPSA) is 93.3 Å². The quantitative estimate of drug-likeness (QED) is 0.623. The van der Waals surface area contributed by atoms with E-state index in [0.717, 1.165) is 48.6 Å². The maximum absolute atomic E-state index is 13.6. The standard InChI is InChI=1S/C24H30N4O5/c1-30-19-10-15-20(13(23(19)31-2)5-8-28-6-3-4-7-28)24(29)25-21-14-9-17-18(33-12-32-17)11-16(14)26-27-22(15)21/h9-11,13,20-22,26-27H,3-8,12H2,1-2H3,(H,25,29). The van der Waals surface area contributed by atoms with Gasteiger partial charge in [-0.25, -0.2) is 5.43 Å². The smallest absolute Gasteiger partial charge is 0.231 e. The molecule has 9 heteroatoms. The van der Waals surface area contributed by atoms with Crippen LogP contribution in [0.5, 0.6) is 11.5 Å². The Hall–Kier alpha value is -2.91. The Morgan fingerprint density at radius 2 is 1.88 bits per heavy atom. The van der Waals surface area contributed by atoms with E-state index in [9.17, 15) is 4.79 Å². The molecular formula is C24H30N4O5. The first-order valence-corrected chi connectivity index (χ1v) is 11.7. The number of amides is 1. The minimum Gasteiger partial charge on any atom is -0.497 e. The summed E-state index contributed by atoms with van der Waals surface area (Å²) in [5, 5.41) is 3.29. The van der Waals surface area contributed by atoms with Crippen LogP contribution in [0.15, 0.2) is 35.3 Å². The average molecular weight is 455 g/mol. The zero-order chi connectivity index (χ0) is 22.5. The SMILES string of the molecule is COC1=C(OC)C(CCN2CCCC2)C2C(=O)NC3c4cc5c(cc4NNC3C2=C1)OCO5. The summed E-state index contributed by atoms with van der Waals surface area (Å²) in [6.45, 7) is 3.40. The van der Waals surface area contributed by atoms with E-state index in [-0.39, 0.29) is 36.6 Å². The molecule has 0 bridgehead atoms. The Labute approximate surface area is 193 Å². The molecular weight excluding hydrogens is 424 g/mol. The number of carbonyl (C=O) groups excluding carboxylic acids is 1. The molecule has 2 fully saturated rings. The fraction of sp³-hybridized carbons (Fsp3) is 0.542. The van der Waals surface area contributed by atoms with Crippen molar-refractivity contribution in [3.8, 4) is 11.5 Å². The van der Waals surface area contributed by atoms with E-state index in [1.807, 2.05) is 18.2 Å². The normalized spacial score (nSPS) is 30.0. The minimum atomic E-state index is -0.312. The van der Waals surface area contributed by atoms with E-state index in [1.54, 1.807) is 14.2 Å². The number of ether oxygens (including phenoxy) is 4. The Bertz CT molecular complexity index is 1030. The number of allylic oxidation sites excluding steroid dienone is 2. The van der Waals surface area contributed by atoms with Crippen molar-refractivity contribution < 1.29 is 23.7 Å². The fourth-order valence-corrected chi connectivity index (χ4v) is 5.95. The largest absolute Gasteiger partial charge is 0.497 e. The van der Waals surface area contributed by atoms with Gasteiger partial charge in [0.25, 0.3) is 0 Å². The Balaban J connectivity index is 1.35. The van der Waals surface area contributed by atoms with E-state index in [2.05, 4.69) is 21.1 Å². The Morgan fingerprint density at radius 1 is 1.09 bits per heavy atom. The van der Waals surface area contributed by atoms with E-state index >= 15 is 0 Å². The third-order valence-corrected chi connectivity index (χ3v) is 7.55. The number of fused-ring (bicyclic) bond motifs is 6. The zero-order valence-corrected chi connectivity index (χ0v) is 19.0. The number of nitrogens with one attached hydrogen (secondary N) is 3. The third kappa shape index (κ3) is 3.33. The first-order valence-electron chi connectivity index (χ1n) is 11.7. The van der Waals surface area contributed by atoms with Crippen LogP contribution in [0.25, 0.3) is 0 Å². The number of nitrogens with zero attached hydrogens (tertiary/aromatic N) is 1. The summed E-state index contributed by atoms with van der Waals surface area (Å²) < 4.78 is 22.7. The van der Waals surface area contributed by atoms with Gasteiger partial charge in [0.05, 0.1) is 37.9 Å². The molecule has 9 nitrogen and oxygen atoms in total. The number of hydrazine groups is 1. The summed E-state index contributed by atoms with van der Waals surface area (Å²) in [6.07, 6.45) is 5.31. The van der Waals surface area contributed by atoms with Gasteiger partial charge in [0.15, 0.2) is 17.3 Å². The summed E-state index contributed by atoms with van der Waals surface area (Å²) in [5.41, 5.74) is 9.61. The summed E-state index contributed by atoms with van der Waals surface area (Å²) in [4.78, 5) is 16.1. The lowest BCUT2D eigenvalue weighted by molar-refractivity contribution is -0.128. The predicted octanol–water partition coefficient (Wildman–Crippen LogP) is 2.05. The predicted molar refractivity (Wildman–Crippen MR) is 120 cm³/mol. The number of likely N-dealkylation sites (tertiary alicyclic amines) is 1. The van der Waals surface area contributed by atoms with Crippen molar-refractivity contribution in [2.75, 3.05) is 46.1 Å². The molecule has 1 aromatic carbocycles. The number of rotatable bonds is 5. The lowest BCUT2D eigenvalue weighted by atomic mass is 9.70. The van der Waals surface area contributed by atoms with Gasteiger partial charge in [0, 0.05) is 17.5 Å². The van der Waals surface area contributed by atoms with E-state index in [1.165, 1.54) is 12.8 Å². The van der Waals surface area contributed by atoms with Gasteiger partial charge in [-0.05, 0) is 56.6 Å². The van der Waals surface area contributed by atoms with Crippen LogP contribution in [0.1, 0.15) is 30.9 Å². The second kappa shape index (κ2) is 8.14. The molecule has 1 aliphatic carbocycles. The Kier molecular flexibility index (Phi) is 5.10. The molecule has 4 atom stereocenters. The van der Waals surface area contributed by atoms with Crippen LogP contribution in [0, 0.1) is 11.8 Å². The molecule has 5 aliphatic rings. The number of hydrogen-bond acceptors (Lipinski definition) is 8. The second-order valence-corrected chi connectivity index (χ2v) is 9.23. The Morgan fingerprint density at radius 3 is 2.64 bits per heavy atom. The van der Waals surface area contributed by atoms with Gasteiger partial charge < -0.3 is 34.6 Å². The van der Waals surface area contributed by atoms with Crippen molar-refractivity contribution in [3.05, 3.63) is 40.9 Å². The molecule has 2 saturated heterocycles. The van der Waals surface area contributed by atoms with Gasteiger partial charge in [-0.2, -0.15) is 0 Å². The highest BCUT2D eigenvalue weighted by molar-refractivity contribution is 5.86.